The molecular weight excluding hydrogens is 480 g/mol. The molecule has 0 unspecified atom stereocenters. The van der Waals surface area contributed by atoms with Crippen LogP contribution in [-0.4, -0.2) is 59.9 Å². The molecule has 9 nitrogen and oxygen atoms in total. The number of carbonyl (C=O) groups is 3. The van der Waals surface area contributed by atoms with Gasteiger partial charge in [-0.15, -0.1) is 0 Å². The minimum atomic E-state index is -2.92. The fourth-order valence-corrected chi connectivity index (χ4v) is 5.83. The predicted octanol–water partition coefficient (Wildman–Crippen LogP) is 3.52. The number of rotatable bonds is 6. The SMILES string of the molecule is C/C=C/C=C/C(O)=C1\C(O)=C(C)C(=O)[C@@]2(C)O[C@@]3(O)[C@@](C)(O)C(=O)C(C(=O)CC/C=C/C)=C(O)[C@@]3(C)[C@@H]12. The molecule has 0 aromatic carbocycles. The zero-order chi connectivity index (χ0) is 28.1. The number of ketones is 3. The van der Waals surface area contributed by atoms with Gasteiger partial charge in [-0.1, -0.05) is 30.4 Å². The first-order valence-electron chi connectivity index (χ1n) is 12.0. The molecule has 0 aromatic heterocycles. The van der Waals surface area contributed by atoms with Gasteiger partial charge < -0.3 is 30.3 Å². The average Bonchev–Trinajstić information content (AvgIpc) is 3.03. The molecule has 0 saturated carbocycles. The molecule has 5 N–H and O–H groups in total. The number of Topliss-reactive ketones (excluding diaryl/α,β-unsaturated/α-hetero) is 3. The van der Waals surface area contributed by atoms with E-state index >= 15 is 0 Å². The highest BCUT2D eigenvalue weighted by Crippen LogP contribution is 2.68. The van der Waals surface area contributed by atoms with Crippen LogP contribution in [0, 0.1) is 11.3 Å². The van der Waals surface area contributed by atoms with Gasteiger partial charge in [0.2, 0.25) is 11.6 Å². The first-order chi connectivity index (χ1) is 17.1. The molecule has 37 heavy (non-hydrogen) atoms. The lowest BCUT2D eigenvalue weighted by Gasteiger charge is -2.50. The molecule has 200 valence electrons. The molecule has 1 fully saturated rings. The van der Waals surface area contributed by atoms with Gasteiger partial charge in [0.1, 0.15) is 28.5 Å². The van der Waals surface area contributed by atoms with Crippen LogP contribution in [0.3, 0.4) is 0 Å². The first kappa shape index (κ1) is 28.3. The van der Waals surface area contributed by atoms with Gasteiger partial charge in [-0.2, -0.15) is 0 Å². The second-order valence-electron chi connectivity index (χ2n) is 10.1. The molecular formula is C28H34O9. The maximum Gasteiger partial charge on any atom is 0.216 e. The molecule has 9 heteroatoms. The maximum atomic E-state index is 13.5. The molecule has 0 bridgehead atoms. The Labute approximate surface area is 215 Å². The van der Waals surface area contributed by atoms with E-state index in [1.807, 2.05) is 0 Å². The maximum absolute atomic E-state index is 13.5. The van der Waals surface area contributed by atoms with Crippen molar-refractivity contribution in [1.29, 1.82) is 0 Å². The standard InChI is InChI=1S/C28H34O9/c1-7-9-11-13-16(29)18-20(31)15(3)22(32)26(5)21(18)25(4)23(33)19(17(30)14-12-10-8-2)24(34)27(6,35)28(25,36)37-26/h7-11,13,21,29,31,33,35-36H,12,14H2,1-6H3/b9-7+,10-8+,13-11+,18-16-/t21-,25-,26+,27+,28-/m1/s1. The molecule has 3 aliphatic rings. The lowest BCUT2D eigenvalue weighted by molar-refractivity contribution is -0.317. The van der Waals surface area contributed by atoms with Crippen LogP contribution in [0.15, 0.2) is 70.5 Å². The predicted molar refractivity (Wildman–Crippen MR) is 134 cm³/mol. The Bertz CT molecular complexity index is 1240. The Kier molecular flexibility index (Phi) is 7.07. The van der Waals surface area contributed by atoms with E-state index < -0.39 is 68.5 Å². The van der Waals surface area contributed by atoms with Crippen molar-refractivity contribution in [3.05, 3.63) is 70.5 Å². The lowest BCUT2D eigenvalue weighted by Crippen LogP contribution is -2.69. The highest BCUT2D eigenvalue weighted by molar-refractivity contribution is 6.24. The Morgan fingerprint density at radius 1 is 1.03 bits per heavy atom. The summed E-state index contributed by atoms with van der Waals surface area (Å²) in [6, 6.07) is 0. The molecule has 3 rings (SSSR count). The fraction of sp³-hybridized carbons (Fsp3) is 0.464. The lowest BCUT2D eigenvalue weighted by atomic mass is 9.53. The van der Waals surface area contributed by atoms with Crippen LogP contribution in [0.4, 0.5) is 0 Å². The molecule has 1 saturated heterocycles. The second-order valence-corrected chi connectivity index (χ2v) is 10.1. The molecule has 1 aliphatic heterocycles. The summed E-state index contributed by atoms with van der Waals surface area (Å²) in [6.07, 6.45) is 9.48. The van der Waals surface area contributed by atoms with Crippen molar-refractivity contribution in [2.24, 2.45) is 11.3 Å². The highest BCUT2D eigenvalue weighted by atomic mass is 16.7. The summed E-state index contributed by atoms with van der Waals surface area (Å²) >= 11 is 0. The van der Waals surface area contributed by atoms with E-state index in [4.69, 9.17) is 4.74 Å². The van der Waals surface area contributed by atoms with Crippen molar-refractivity contribution in [2.75, 3.05) is 0 Å². The van der Waals surface area contributed by atoms with Crippen LogP contribution in [0.25, 0.3) is 0 Å². The third-order valence-electron chi connectivity index (χ3n) is 7.83. The van der Waals surface area contributed by atoms with E-state index in [9.17, 15) is 39.9 Å². The molecule has 0 aromatic rings. The van der Waals surface area contributed by atoms with E-state index in [1.165, 1.54) is 32.9 Å². The summed E-state index contributed by atoms with van der Waals surface area (Å²) < 4.78 is 5.86. The van der Waals surface area contributed by atoms with E-state index in [1.54, 1.807) is 38.2 Å². The summed E-state index contributed by atoms with van der Waals surface area (Å²) in [6.45, 7) is 8.25. The smallest absolute Gasteiger partial charge is 0.216 e. The number of hydrogen-bond acceptors (Lipinski definition) is 9. The van der Waals surface area contributed by atoms with E-state index in [0.29, 0.717) is 0 Å². The quantitative estimate of drug-likeness (QED) is 0.154. The Balaban J connectivity index is 2.43. The topological polar surface area (TPSA) is 162 Å². The van der Waals surface area contributed by atoms with Crippen molar-refractivity contribution in [3.63, 3.8) is 0 Å². The normalized spacial score (nSPS) is 37.8. The molecule has 2 aliphatic carbocycles. The molecule has 1 heterocycles. The average molecular weight is 515 g/mol. The summed E-state index contributed by atoms with van der Waals surface area (Å²) in [7, 11) is 0. The van der Waals surface area contributed by atoms with Crippen LogP contribution in [0.2, 0.25) is 0 Å². The van der Waals surface area contributed by atoms with E-state index in [-0.39, 0.29) is 24.0 Å². The number of carbonyl (C=O) groups excluding carboxylic acids is 3. The van der Waals surface area contributed by atoms with Crippen molar-refractivity contribution >= 4 is 17.3 Å². The van der Waals surface area contributed by atoms with Crippen molar-refractivity contribution in [3.8, 4) is 0 Å². The minimum absolute atomic E-state index is 0.175. The molecule has 5 atom stereocenters. The summed E-state index contributed by atoms with van der Waals surface area (Å²) in [5, 5.41) is 56.8. The van der Waals surface area contributed by atoms with Gasteiger partial charge in [0.05, 0.1) is 5.41 Å². The molecule has 0 amide bonds. The Hall–Kier alpha value is -3.27. The molecule has 0 spiro atoms. The number of aliphatic hydroxyl groups excluding tert-OH is 3. The van der Waals surface area contributed by atoms with Crippen LogP contribution >= 0.6 is 0 Å². The number of fused-ring (bicyclic) bond motifs is 3. The molecule has 0 radical (unpaired) electrons. The zero-order valence-electron chi connectivity index (χ0n) is 21.8. The van der Waals surface area contributed by atoms with Gasteiger partial charge in [0.15, 0.2) is 17.2 Å². The highest BCUT2D eigenvalue weighted by Gasteiger charge is 2.82. The minimum Gasteiger partial charge on any atom is -0.511 e. The zero-order valence-corrected chi connectivity index (χ0v) is 21.8. The third kappa shape index (κ3) is 3.59. The number of ether oxygens (including phenoxy) is 1. The van der Waals surface area contributed by atoms with Crippen LogP contribution in [0.5, 0.6) is 0 Å². The second kappa shape index (κ2) is 9.24. The van der Waals surface area contributed by atoms with E-state index in [0.717, 1.165) is 6.92 Å². The number of hydrogen-bond donors (Lipinski definition) is 5. The largest absolute Gasteiger partial charge is 0.511 e. The first-order valence-corrected chi connectivity index (χ1v) is 12.0. The van der Waals surface area contributed by atoms with Gasteiger partial charge in [-0.05, 0) is 54.0 Å². The Morgan fingerprint density at radius 2 is 1.65 bits per heavy atom. The van der Waals surface area contributed by atoms with Gasteiger partial charge in [0, 0.05) is 23.5 Å². The van der Waals surface area contributed by atoms with Gasteiger partial charge in [-0.3, -0.25) is 14.4 Å². The fourth-order valence-electron chi connectivity index (χ4n) is 5.83. The number of aliphatic hydroxyl groups is 5. The van der Waals surface area contributed by atoms with E-state index in [2.05, 4.69) is 0 Å². The monoisotopic (exact) mass is 514 g/mol. The van der Waals surface area contributed by atoms with Crippen molar-refractivity contribution < 1.29 is 44.7 Å². The van der Waals surface area contributed by atoms with Gasteiger partial charge in [-0.25, -0.2) is 0 Å². The summed E-state index contributed by atoms with van der Waals surface area (Å²) in [5.74, 6) is -9.27. The van der Waals surface area contributed by atoms with Crippen LogP contribution in [-0.2, 0) is 19.1 Å². The van der Waals surface area contributed by atoms with Gasteiger partial charge in [0.25, 0.3) is 0 Å². The van der Waals surface area contributed by atoms with Crippen LogP contribution < -0.4 is 0 Å². The van der Waals surface area contributed by atoms with Crippen molar-refractivity contribution in [1.82, 2.24) is 0 Å². The van der Waals surface area contributed by atoms with Crippen LogP contribution in [0.1, 0.15) is 54.4 Å². The Morgan fingerprint density at radius 3 is 2.22 bits per heavy atom. The van der Waals surface area contributed by atoms with Crippen molar-refractivity contribution in [2.45, 2.75) is 71.4 Å². The summed E-state index contributed by atoms with van der Waals surface area (Å²) in [5.41, 5.74) is -8.24. The number of allylic oxidation sites excluding steroid dienone is 7. The summed E-state index contributed by atoms with van der Waals surface area (Å²) in [4.78, 5) is 39.9. The third-order valence-corrected chi connectivity index (χ3v) is 7.83. The van der Waals surface area contributed by atoms with Gasteiger partial charge >= 0.3 is 0 Å².